The predicted octanol–water partition coefficient (Wildman–Crippen LogP) is 1.69. The van der Waals surface area contributed by atoms with Crippen LogP contribution in [0.1, 0.15) is 19.4 Å². The summed E-state index contributed by atoms with van der Waals surface area (Å²) in [6.45, 7) is 13.5. The summed E-state index contributed by atoms with van der Waals surface area (Å²) in [6.07, 6.45) is 0. The Hall–Kier alpha value is -1.11. The largest absolute Gasteiger partial charge is 0.356 e. The number of likely N-dealkylation sites (N-methyl/N-ethyl adjacent to an activating group) is 1. The van der Waals surface area contributed by atoms with Gasteiger partial charge in [-0.25, -0.2) is 0 Å². The maximum atomic E-state index is 4.30. The van der Waals surface area contributed by atoms with Crippen LogP contribution in [0.3, 0.4) is 0 Å². The van der Waals surface area contributed by atoms with Gasteiger partial charge in [0.2, 0.25) is 0 Å². The molecule has 0 aromatic carbocycles. The maximum Gasteiger partial charge on any atom is 0.191 e. The first-order valence-corrected chi connectivity index (χ1v) is 9.55. The molecule has 1 aromatic heterocycles. The van der Waals surface area contributed by atoms with Gasteiger partial charge in [0.1, 0.15) is 0 Å². The third kappa shape index (κ3) is 6.49. The van der Waals surface area contributed by atoms with E-state index in [1.165, 1.54) is 38.3 Å². The third-order valence-electron chi connectivity index (χ3n) is 4.36. The van der Waals surface area contributed by atoms with E-state index in [0.29, 0.717) is 5.92 Å². The highest BCUT2D eigenvalue weighted by Crippen LogP contribution is 2.06. The molecular formula is C17H31N5S. The zero-order chi connectivity index (χ0) is 16.5. The summed E-state index contributed by atoms with van der Waals surface area (Å²) in [7, 11) is 1.83. The van der Waals surface area contributed by atoms with Gasteiger partial charge in [-0.05, 0) is 34.9 Å². The molecule has 1 aliphatic heterocycles. The van der Waals surface area contributed by atoms with Gasteiger partial charge in [-0.3, -0.25) is 4.99 Å². The van der Waals surface area contributed by atoms with Gasteiger partial charge in [-0.1, -0.05) is 13.8 Å². The molecule has 130 valence electrons. The van der Waals surface area contributed by atoms with Gasteiger partial charge >= 0.3 is 0 Å². The van der Waals surface area contributed by atoms with Gasteiger partial charge < -0.3 is 20.4 Å². The molecule has 1 aromatic rings. The number of aliphatic imine (C=N–C) groups is 1. The van der Waals surface area contributed by atoms with Gasteiger partial charge in [-0.2, -0.15) is 11.3 Å². The molecule has 23 heavy (non-hydrogen) atoms. The number of rotatable bonds is 7. The minimum Gasteiger partial charge on any atom is -0.356 e. The number of guanidine groups is 1. The Morgan fingerprint density at radius 2 is 2.00 bits per heavy atom. The topological polar surface area (TPSA) is 42.9 Å². The van der Waals surface area contributed by atoms with E-state index in [2.05, 4.69) is 56.1 Å². The van der Waals surface area contributed by atoms with E-state index in [1.807, 2.05) is 7.05 Å². The molecule has 0 radical (unpaired) electrons. The Morgan fingerprint density at radius 1 is 1.26 bits per heavy atom. The van der Waals surface area contributed by atoms with E-state index < -0.39 is 0 Å². The van der Waals surface area contributed by atoms with Crippen LogP contribution in [0, 0.1) is 5.92 Å². The van der Waals surface area contributed by atoms with Gasteiger partial charge in [0, 0.05) is 52.9 Å². The maximum absolute atomic E-state index is 4.30. The molecule has 0 spiro atoms. The van der Waals surface area contributed by atoms with Crippen molar-refractivity contribution >= 4 is 17.3 Å². The van der Waals surface area contributed by atoms with Crippen molar-refractivity contribution < 1.29 is 0 Å². The van der Waals surface area contributed by atoms with Crippen molar-refractivity contribution in [2.24, 2.45) is 10.9 Å². The average molecular weight is 338 g/mol. The first-order chi connectivity index (χ1) is 11.2. The highest BCUT2D eigenvalue weighted by Gasteiger charge is 2.17. The monoisotopic (exact) mass is 337 g/mol. The summed E-state index contributed by atoms with van der Waals surface area (Å²) in [6, 6.07) is 2.14. The molecule has 1 saturated heterocycles. The summed E-state index contributed by atoms with van der Waals surface area (Å²) < 4.78 is 0. The Balaban J connectivity index is 1.63. The number of nitrogens with one attached hydrogen (secondary N) is 2. The highest BCUT2D eigenvalue weighted by molar-refractivity contribution is 7.07. The fourth-order valence-corrected chi connectivity index (χ4v) is 3.53. The molecular weight excluding hydrogens is 306 g/mol. The molecule has 1 aliphatic rings. The van der Waals surface area contributed by atoms with Crippen molar-refractivity contribution in [1.82, 2.24) is 20.4 Å². The van der Waals surface area contributed by atoms with E-state index in [0.717, 1.165) is 25.6 Å². The second-order valence-corrected chi connectivity index (χ2v) is 7.06. The molecule has 5 nitrogen and oxygen atoms in total. The first kappa shape index (κ1) is 18.2. The molecule has 2 rings (SSSR count). The Bertz CT molecular complexity index is 452. The average Bonchev–Trinajstić information content (AvgIpc) is 3.09. The van der Waals surface area contributed by atoms with E-state index in [9.17, 15) is 0 Å². The lowest BCUT2D eigenvalue weighted by atomic mass is 10.1. The lowest BCUT2D eigenvalue weighted by molar-refractivity contribution is 0.124. The molecule has 1 unspecified atom stereocenters. The van der Waals surface area contributed by atoms with Crippen LogP contribution in [0.5, 0.6) is 0 Å². The molecule has 0 saturated carbocycles. The van der Waals surface area contributed by atoms with Gasteiger partial charge in [0.15, 0.2) is 5.96 Å². The zero-order valence-corrected chi connectivity index (χ0v) is 15.5. The molecule has 2 heterocycles. The minimum absolute atomic E-state index is 0.614. The van der Waals surface area contributed by atoms with Gasteiger partial charge in [0.25, 0.3) is 0 Å². The SMILES string of the molecule is CCN1CCN(CC(C)CNC(=NC)NCc2ccsc2)CC1. The number of piperazine rings is 1. The molecule has 1 fully saturated rings. The summed E-state index contributed by atoms with van der Waals surface area (Å²) in [5.41, 5.74) is 1.31. The third-order valence-corrected chi connectivity index (χ3v) is 5.10. The van der Waals surface area contributed by atoms with Crippen LogP contribution in [0.15, 0.2) is 21.8 Å². The standard InChI is InChI=1S/C17H31N5S/c1-4-21-6-8-22(9-7-21)13-15(2)11-19-17(18-3)20-12-16-5-10-23-14-16/h5,10,14-15H,4,6-9,11-13H2,1-3H3,(H2,18,19,20). The highest BCUT2D eigenvalue weighted by atomic mass is 32.1. The number of nitrogens with zero attached hydrogens (tertiary/aromatic N) is 3. The van der Waals surface area contributed by atoms with Crippen LogP contribution in [-0.2, 0) is 6.54 Å². The van der Waals surface area contributed by atoms with Crippen molar-refractivity contribution in [2.75, 3.05) is 52.9 Å². The Morgan fingerprint density at radius 3 is 2.61 bits per heavy atom. The fourth-order valence-electron chi connectivity index (χ4n) is 2.86. The molecule has 6 heteroatoms. The first-order valence-electron chi connectivity index (χ1n) is 8.61. The fraction of sp³-hybridized carbons (Fsp3) is 0.706. The minimum atomic E-state index is 0.614. The molecule has 1 atom stereocenters. The van der Waals surface area contributed by atoms with E-state index >= 15 is 0 Å². The van der Waals surface area contributed by atoms with Crippen molar-refractivity contribution in [3.05, 3.63) is 22.4 Å². The van der Waals surface area contributed by atoms with Crippen molar-refractivity contribution in [1.29, 1.82) is 0 Å². The molecule has 2 N–H and O–H groups in total. The van der Waals surface area contributed by atoms with E-state index in [4.69, 9.17) is 0 Å². The Labute approximate surface area is 144 Å². The summed E-state index contributed by atoms with van der Waals surface area (Å²) >= 11 is 1.73. The van der Waals surface area contributed by atoms with Crippen LogP contribution >= 0.6 is 11.3 Å². The van der Waals surface area contributed by atoms with Crippen LogP contribution < -0.4 is 10.6 Å². The summed E-state index contributed by atoms with van der Waals surface area (Å²) in [5.74, 6) is 1.50. The van der Waals surface area contributed by atoms with Crippen LogP contribution in [-0.4, -0.2) is 68.6 Å². The summed E-state index contributed by atoms with van der Waals surface area (Å²) in [4.78, 5) is 9.41. The normalized spacial score (nSPS) is 18.8. The van der Waals surface area contributed by atoms with Crippen LogP contribution in [0.2, 0.25) is 0 Å². The molecule has 0 aliphatic carbocycles. The summed E-state index contributed by atoms with van der Waals surface area (Å²) in [5, 5.41) is 11.1. The van der Waals surface area contributed by atoms with Gasteiger partial charge in [0.05, 0.1) is 0 Å². The van der Waals surface area contributed by atoms with E-state index in [1.54, 1.807) is 11.3 Å². The van der Waals surface area contributed by atoms with E-state index in [-0.39, 0.29) is 0 Å². The number of thiophene rings is 1. The van der Waals surface area contributed by atoms with Gasteiger partial charge in [-0.15, -0.1) is 0 Å². The van der Waals surface area contributed by atoms with Crippen molar-refractivity contribution in [2.45, 2.75) is 20.4 Å². The number of hydrogen-bond acceptors (Lipinski definition) is 4. The molecule has 0 amide bonds. The van der Waals surface area contributed by atoms with Crippen LogP contribution in [0.4, 0.5) is 0 Å². The van der Waals surface area contributed by atoms with Crippen LogP contribution in [0.25, 0.3) is 0 Å². The zero-order valence-electron chi connectivity index (χ0n) is 14.7. The lowest BCUT2D eigenvalue weighted by Gasteiger charge is -2.35. The van der Waals surface area contributed by atoms with Crippen molar-refractivity contribution in [3.8, 4) is 0 Å². The predicted molar refractivity (Wildman–Crippen MR) is 100 cm³/mol. The lowest BCUT2D eigenvalue weighted by Crippen LogP contribution is -2.48. The quantitative estimate of drug-likeness (QED) is 0.587. The second kappa shape index (κ2) is 9.90. The Kier molecular flexibility index (Phi) is 7.85. The second-order valence-electron chi connectivity index (χ2n) is 6.28. The van der Waals surface area contributed by atoms with Crippen molar-refractivity contribution in [3.63, 3.8) is 0 Å². The smallest absolute Gasteiger partial charge is 0.191 e. The molecule has 0 bridgehead atoms. The number of hydrogen-bond donors (Lipinski definition) is 2.